The first-order valence-corrected chi connectivity index (χ1v) is 43.5. The number of rotatable bonds is 57. The second-order valence-electron chi connectivity index (χ2n) is 32.4. The van der Waals surface area contributed by atoms with Gasteiger partial charge in [-0.05, 0) is 51.9 Å². The van der Waals surface area contributed by atoms with Crippen LogP contribution in [0.3, 0.4) is 0 Å². The van der Waals surface area contributed by atoms with E-state index in [4.69, 9.17) is 56.8 Å². The summed E-state index contributed by atoms with van der Waals surface area (Å²) >= 11 is 0. The first kappa shape index (κ1) is 102. The molecule has 0 aromatic carbocycles. The van der Waals surface area contributed by atoms with Gasteiger partial charge < -0.3 is 159 Å². The molecule has 2 amide bonds. The predicted octanol–water partition coefficient (Wildman–Crippen LogP) is 1.36. The van der Waals surface area contributed by atoms with E-state index in [9.17, 15) is 102 Å². The van der Waals surface area contributed by atoms with Gasteiger partial charge in [-0.1, -0.05) is 205 Å². The smallest absolute Gasteiger partial charge is 0.220 e. The Labute approximate surface area is 684 Å². The first-order chi connectivity index (χ1) is 55.9. The average molecular weight is 1670 g/mol. The van der Waals surface area contributed by atoms with Crippen molar-refractivity contribution in [2.45, 2.75) is 442 Å². The molecule has 32 atom stereocenters. The molecule has 6 aliphatic heterocycles. The molecule has 0 aromatic heterocycles. The second kappa shape index (κ2) is 56.2. The van der Waals surface area contributed by atoms with E-state index in [1.165, 1.54) is 155 Å². The summed E-state index contributed by atoms with van der Waals surface area (Å²) in [5.74, 6) is -1.25. The van der Waals surface area contributed by atoms with Crippen LogP contribution in [0.2, 0.25) is 0 Å². The van der Waals surface area contributed by atoms with Crippen LogP contribution in [-0.2, 0) is 66.4 Å². The summed E-state index contributed by atoms with van der Waals surface area (Å²) < 4.78 is 71.9. The molecule has 34 heteroatoms. The maximum absolute atomic E-state index is 13.6. The van der Waals surface area contributed by atoms with E-state index < -0.39 is 242 Å². The maximum atomic E-state index is 13.6. The third kappa shape index (κ3) is 32.4. The molecule has 6 rings (SSSR count). The minimum Gasteiger partial charge on any atom is -0.394 e. The van der Waals surface area contributed by atoms with Crippen molar-refractivity contribution in [1.82, 2.24) is 10.6 Å². The number of aliphatic hydroxyl groups excluding tert-OH is 18. The summed E-state index contributed by atoms with van der Waals surface area (Å²) in [4.78, 5) is 26.9. The SMILES string of the molecule is CCCCCCCC/C=C\CCCCCCCCCCCCCCCC(=O)N[C@@H](CO[C@@H]1OC(CO)[C@@H](O[C@@H]2OC(CO)[C@H](O)[C@H](O[C@@H]3OC(CO)[C@@H](O)[C@H](O[C@@H]4OC(CO)[C@H](O)[C@H](O[C@H]5OC(CO)[C@H](O)[C@H](O)C5O)C4O[C@H]4OC(C)[C@@H](O)C(O)[C@@H]4O)C3NC(C)=O)C2O)[C@H](O)C1O)[C@H](O)/C=C/CCCCCCCCCCCCC. The maximum Gasteiger partial charge on any atom is 0.220 e. The number of unbranched alkanes of at least 4 members (excludes halogenated alkanes) is 30. The Kier molecular flexibility index (Phi) is 49.4. The Hall–Kier alpha value is -2.78. The summed E-state index contributed by atoms with van der Waals surface area (Å²) in [5, 5.41) is 206. The van der Waals surface area contributed by atoms with Crippen LogP contribution in [-0.4, -0.2) is 340 Å². The van der Waals surface area contributed by atoms with Crippen molar-refractivity contribution in [3.05, 3.63) is 24.3 Å². The predicted molar refractivity (Wildman–Crippen MR) is 418 cm³/mol. The van der Waals surface area contributed by atoms with Gasteiger partial charge in [0.05, 0.1) is 57.9 Å². The highest BCUT2D eigenvalue weighted by Gasteiger charge is 2.59. The molecule has 12 unspecified atom stereocenters. The molecular weight excluding hydrogens is 1520 g/mol. The Balaban J connectivity index is 1.09. The highest BCUT2D eigenvalue weighted by Crippen LogP contribution is 2.39. The van der Waals surface area contributed by atoms with Crippen LogP contribution in [0.4, 0.5) is 0 Å². The Morgan fingerprint density at radius 2 is 0.716 bits per heavy atom. The molecule has 6 saturated heterocycles. The quantitative estimate of drug-likeness (QED) is 0.0302. The fraction of sp³-hybridized carbons (Fsp3) is 0.927. The molecular formula is C82H148N2O32. The van der Waals surface area contributed by atoms with E-state index in [2.05, 4.69) is 36.6 Å². The third-order valence-electron chi connectivity index (χ3n) is 22.9. The van der Waals surface area contributed by atoms with Crippen molar-refractivity contribution < 1.29 is 158 Å². The van der Waals surface area contributed by atoms with Crippen LogP contribution in [0.25, 0.3) is 0 Å². The molecule has 116 heavy (non-hydrogen) atoms. The molecule has 6 heterocycles. The van der Waals surface area contributed by atoms with Crippen molar-refractivity contribution in [2.24, 2.45) is 0 Å². The number of carbonyl (C=O) groups is 2. The number of nitrogens with one attached hydrogen (secondary N) is 2. The van der Waals surface area contributed by atoms with E-state index in [1.54, 1.807) is 6.08 Å². The van der Waals surface area contributed by atoms with Crippen LogP contribution in [0, 0.1) is 0 Å². The van der Waals surface area contributed by atoms with Crippen LogP contribution < -0.4 is 10.6 Å². The average Bonchev–Trinajstić information content (AvgIpc) is 0.761. The van der Waals surface area contributed by atoms with Crippen LogP contribution in [0.5, 0.6) is 0 Å². The van der Waals surface area contributed by atoms with E-state index in [1.807, 2.05) is 6.08 Å². The lowest BCUT2D eigenvalue weighted by molar-refractivity contribution is -0.404. The Morgan fingerprint density at radius 3 is 1.21 bits per heavy atom. The van der Waals surface area contributed by atoms with Gasteiger partial charge in [0.25, 0.3) is 0 Å². The number of hydrogen-bond acceptors (Lipinski definition) is 32. The van der Waals surface area contributed by atoms with E-state index in [-0.39, 0.29) is 12.3 Å². The summed E-state index contributed by atoms with van der Waals surface area (Å²) in [5.41, 5.74) is 0. The number of hydrogen-bond donors (Lipinski definition) is 20. The minimum absolute atomic E-state index is 0.169. The number of amides is 2. The number of aliphatic hydroxyl groups is 18. The number of allylic oxidation sites excluding steroid dienone is 3. The molecule has 20 N–H and O–H groups in total. The number of ether oxygens (including phenoxy) is 12. The van der Waals surface area contributed by atoms with Gasteiger partial charge in [-0.25, -0.2) is 0 Å². The summed E-state index contributed by atoms with van der Waals surface area (Å²) in [6.07, 6.45) is -11.0. The zero-order chi connectivity index (χ0) is 84.6. The lowest BCUT2D eigenvalue weighted by Gasteiger charge is -2.51. The fourth-order valence-corrected chi connectivity index (χ4v) is 15.7. The zero-order valence-electron chi connectivity index (χ0n) is 68.8. The largest absolute Gasteiger partial charge is 0.394 e. The van der Waals surface area contributed by atoms with Gasteiger partial charge in [0, 0.05) is 13.3 Å². The minimum atomic E-state index is -2.24. The van der Waals surface area contributed by atoms with Crippen LogP contribution >= 0.6 is 0 Å². The number of carbonyl (C=O) groups excluding carboxylic acids is 2. The molecule has 6 fully saturated rings. The van der Waals surface area contributed by atoms with Gasteiger partial charge in [0.15, 0.2) is 37.7 Å². The summed E-state index contributed by atoms with van der Waals surface area (Å²) in [6.45, 7) is 1.22. The second-order valence-corrected chi connectivity index (χ2v) is 32.4. The van der Waals surface area contributed by atoms with Gasteiger partial charge in [-0.2, -0.15) is 0 Å². The van der Waals surface area contributed by atoms with Crippen LogP contribution in [0.1, 0.15) is 246 Å². The van der Waals surface area contributed by atoms with Gasteiger partial charge in [0.1, 0.15) is 140 Å². The molecule has 0 aliphatic carbocycles. The van der Waals surface area contributed by atoms with E-state index >= 15 is 0 Å². The fourth-order valence-electron chi connectivity index (χ4n) is 15.7. The molecule has 34 nitrogen and oxygen atoms in total. The molecule has 0 spiro atoms. The van der Waals surface area contributed by atoms with Crippen molar-refractivity contribution >= 4 is 11.8 Å². The zero-order valence-corrected chi connectivity index (χ0v) is 68.8. The molecule has 0 radical (unpaired) electrons. The normalized spacial score (nSPS) is 36.5. The molecule has 0 bridgehead atoms. The standard InChI is InChI=1S/C82H148N2O32/c1-5-7-9-11-13-15-17-19-20-21-22-23-24-25-26-27-28-30-32-34-36-38-40-42-58(92)84-51(52(91)41-39-37-35-33-31-29-18-16-14-12-10-8-6-2)48-105-78-70(103)67(100)72(57(47-89)111-78)112-81-71(104)74(63(96)55(45-87)109-81)114-77-59(83-50(4)90)73(62(95)54(44-86)107-77)113-82-76(116-79-68(101)65(98)60(93)49(3)106-79)75(64(97)56(46-88)110-82)115-80-69(102)66(99)61(94)53(43-85)108-80/h19-20,39,41,49,51-57,59-82,85-89,91,93-104H,5-18,21-38,40,42-48H2,1-4H3,(H,83,90)(H,84,92)/b20-19-,41-39+/t49?,51-,52+,53?,54?,55?,56?,57?,59?,60+,61-,62+,63-,64-,65?,66-,67+,68-,69?,70?,71?,72+,73+,74-,75-,76?,77-,78+,79+,80+,81-,82-/m0/s1. The van der Waals surface area contributed by atoms with E-state index in [0.29, 0.717) is 12.8 Å². The Bertz CT molecular complexity index is 2650. The highest BCUT2D eigenvalue weighted by atomic mass is 16.8. The van der Waals surface area contributed by atoms with Crippen molar-refractivity contribution in [1.29, 1.82) is 0 Å². The molecule has 0 aromatic rings. The van der Waals surface area contributed by atoms with Crippen LogP contribution in [0.15, 0.2) is 24.3 Å². The Morgan fingerprint density at radius 1 is 0.353 bits per heavy atom. The summed E-state index contributed by atoms with van der Waals surface area (Å²) in [6, 6.07) is -2.97. The summed E-state index contributed by atoms with van der Waals surface area (Å²) in [7, 11) is 0. The van der Waals surface area contributed by atoms with Crippen molar-refractivity contribution in [3.8, 4) is 0 Å². The van der Waals surface area contributed by atoms with Gasteiger partial charge in [-0.3, -0.25) is 9.59 Å². The van der Waals surface area contributed by atoms with Gasteiger partial charge >= 0.3 is 0 Å². The third-order valence-corrected chi connectivity index (χ3v) is 22.9. The topological polar surface area (TPSA) is 533 Å². The highest BCUT2D eigenvalue weighted by molar-refractivity contribution is 5.76. The van der Waals surface area contributed by atoms with E-state index in [0.717, 1.165) is 58.3 Å². The van der Waals surface area contributed by atoms with Crippen molar-refractivity contribution in [3.63, 3.8) is 0 Å². The molecule has 678 valence electrons. The molecule has 0 saturated carbocycles. The lowest BCUT2D eigenvalue weighted by Crippen LogP contribution is -2.71. The van der Waals surface area contributed by atoms with Gasteiger partial charge in [0.2, 0.25) is 11.8 Å². The monoisotopic (exact) mass is 1670 g/mol. The lowest BCUT2D eigenvalue weighted by atomic mass is 9.94. The molecule has 6 aliphatic rings. The first-order valence-electron chi connectivity index (χ1n) is 43.5. The van der Waals surface area contributed by atoms with Crippen molar-refractivity contribution in [2.75, 3.05) is 39.6 Å². The van der Waals surface area contributed by atoms with Gasteiger partial charge in [-0.15, -0.1) is 0 Å².